The Kier molecular flexibility index (Phi) is 3.57. The van der Waals surface area contributed by atoms with E-state index in [1.807, 2.05) is 24.4 Å². The van der Waals surface area contributed by atoms with Crippen molar-refractivity contribution in [1.29, 1.82) is 0 Å². The zero-order valence-corrected chi connectivity index (χ0v) is 12.9. The van der Waals surface area contributed by atoms with Crippen LogP contribution in [0, 0.1) is 5.82 Å². The van der Waals surface area contributed by atoms with Crippen LogP contribution in [0.15, 0.2) is 48.7 Å². The minimum absolute atomic E-state index is 0.0407. The molecule has 112 valence electrons. The number of halogens is 1. The van der Waals surface area contributed by atoms with Crippen LogP contribution in [0.3, 0.4) is 0 Å². The monoisotopic (exact) mass is 295 g/mol. The van der Waals surface area contributed by atoms with Crippen molar-refractivity contribution in [1.82, 2.24) is 4.57 Å². The van der Waals surface area contributed by atoms with Crippen molar-refractivity contribution < 1.29 is 9.18 Å². The zero-order valence-electron chi connectivity index (χ0n) is 12.9. The predicted octanol–water partition coefficient (Wildman–Crippen LogP) is 5.23. The van der Waals surface area contributed by atoms with Gasteiger partial charge in [0.05, 0.1) is 0 Å². The van der Waals surface area contributed by atoms with Gasteiger partial charge < -0.3 is 4.57 Å². The van der Waals surface area contributed by atoms with Crippen molar-refractivity contribution in [2.24, 2.45) is 0 Å². The fourth-order valence-corrected chi connectivity index (χ4v) is 2.88. The zero-order chi connectivity index (χ0) is 15.9. The Morgan fingerprint density at radius 1 is 1.09 bits per heavy atom. The third kappa shape index (κ3) is 2.33. The molecule has 0 aliphatic carbocycles. The van der Waals surface area contributed by atoms with Crippen LogP contribution in [-0.2, 0) is 0 Å². The first kappa shape index (κ1) is 14.5. The molecule has 3 rings (SSSR count). The molecule has 2 aromatic carbocycles. The molecule has 0 saturated heterocycles. The van der Waals surface area contributed by atoms with Gasteiger partial charge in [0.15, 0.2) is 5.78 Å². The molecule has 0 bridgehead atoms. The first-order valence-corrected chi connectivity index (χ1v) is 7.39. The molecule has 2 nitrogen and oxygen atoms in total. The van der Waals surface area contributed by atoms with Gasteiger partial charge in [-0.2, -0.15) is 0 Å². The molecule has 0 amide bonds. The van der Waals surface area contributed by atoms with E-state index in [-0.39, 0.29) is 17.6 Å². The summed E-state index contributed by atoms with van der Waals surface area (Å²) < 4.78 is 15.3. The molecule has 0 aliphatic rings. The summed E-state index contributed by atoms with van der Waals surface area (Å²) in [4.78, 5) is 12.1. The van der Waals surface area contributed by atoms with Crippen LogP contribution >= 0.6 is 0 Å². The molecular weight excluding hydrogens is 277 g/mol. The van der Waals surface area contributed by atoms with E-state index in [9.17, 15) is 9.18 Å². The standard InChI is InChI=1S/C19H18FNO/c1-12(2)21-11-17(13(3)22)19-16(5-4-6-18(19)21)14-7-9-15(20)10-8-14/h4-12H,1-3H3. The minimum Gasteiger partial charge on any atom is -0.344 e. The largest absolute Gasteiger partial charge is 0.344 e. The van der Waals surface area contributed by atoms with Crippen LogP contribution in [0.2, 0.25) is 0 Å². The summed E-state index contributed by atoms with van der Waals surface area (Å²) in [7, 11) is 0. The van der Waals surface area contributed by atoms with Gasteiger partial charge in [0, 0.05) is 28.7 Å². The van der Waals surface area contributed by atoms with E-state index in [1.165, 1.54) is 12.1 Å². The van der Waals surface area contributed by atoms with Crippen LogP contribution in [0.1, 0.15) is 37.2 Å². The van der Waals surface area contributed by atoms with Gasteiger partial charge in [0.2, 0.25) is 0 Å². The minimum atomic E-state index is -0.262. The molecule has 0 saturated carbocycles. The van der Waals surface area contributed by atoms with Gasteiger partial charge in [-0.25, -0.2) is 4.39 Å². The molecule has 0 N–H and O–H groups in total. The molecule has 0 radical (unpaired) electrons. The highest BCUT2D eigenvalue weighted by molar-refractivity contribution is 6.12. The number of rotatable bonds is 3. The maximum atomic E-state index is 13.2. The third-order valence-electron chi connectivity index (χ3n) is 3.95. The average Bonchev–Trinajstić information content (AvgIpc) is 2.88. The lowest BCUT2D eigenvalue weighted by Gasteiger charge is -2.10. The summed E-state index contributed by atoms with van der Waals surface area (Å²) in [6.45, 7) is 5.77. The number of Topliss-reactive ketones (excluding diaryl/α,β-unsaturated/α-hetero) is 1. The van der Waals surface area contributed by atoms with Gasteiger partial charge in [-0.1, -0.05) is 24.3 Å². The van der Waals surface area contributed by atoms with Crippen molar-refractivity contribution in [2.75, 3.05) is 0 Å². The lowest BCUT2D eigenvalue weighted by Crippen LogP contribution is -1.98. The molecule has 3 aromatic rings. The Hall–Kier alpha value is -2.42. The molecule has 1 aromatic heterocycles. The Morgan fingerprint density at radius 3 is 2.36 bits per heavy atom. The second-order valence-electron chi connectivity index (χ2n) is 5.81. The number of carbonyl (C=O) groups excluding carboxylic acids is 1. The highest BCUT2D eigenvalue weighted by Crippen LogP contribution is 2.34. The number of aromatic nitrogens is 1. The lowest BCUT2D eigenvalue weighted by molar-refractivity contribution is 0.101. The summed E-state index contributed by atoms with van der Waals surface area (Å²) in [6.07, 6.45) is 1.92. The van der Waals surface area contributed by atoms with Crippen molar-refractivity contribution >= 4 is 16.7 Å². The number of benzene rings is 2. The Labute approximate surface area is 129 Å². The Morgan fingerprint density at radius 2 is 1.77 bits per heavy atom. The smallest absolute Gasteiger partial charge is 0.161 e. The number of nitrogens with zero attached hydrogens (tertiary/aromatic N) is 1. The number of ketones is 1. The van der Waals surface area contributed by atoms with Gasteiger partial charge in [-0.05, 0) is 50.1 Å². The second-order valence-corrected chi connectivity index (χ2v) is 5.81. The van der Waals surface area contributed by atoms with E-state index >= 15 is 0 Å². The SMILES string of the molecule is CC(=O)c1cn(C(C)C)c2cccc(-c3ccc(F)cc3)c12. The molecule has 1 heterocycles. The van der Waals surface area contributed by atoms with E-state index in [0.29, 0.717) is 5.56 Å². The van der Waals surface area contributed by atoms with Crippen molar-refractivity contribution in [3.8, 4) is 11.1 Å². The Balaban J connectivity index is 2.36. The van der Waals surface area contributed by atoms with Gasteiger partial charge in [0.1, 0.15) is 5.82 Å². The number of carbonyl (C=O) groups is 1. The van der Waals surface area contributed by atoms with Crippen LogP contribution in [-0.4, -0.2) is 10.4 Å². The maximum Gasteiger partial charge on any atom is 0.161 e. The summed E-state index contributed by atoms with van der Waals surface area (Å²) in [5.74, 6) is -0.221. The van der Waals surface area contributed by atoms with E-state index < -0.39 is 0 Å². The lowest BCUT2D eigenvalue weighted by atomic mass is 9.98. The highest BCUT2D eigenvalue weighted by Gasteiger charge is 2.17. The fourth-order valence-electron chi connectivity index (χ4n) is 2.88. The second kappa shape index (κ2) is 5.41. The molecule has 0 aliphatic heterocycles. The summed E-state index contributed by atoms with van der Waals surface area (Å²) in [5.41, 5.74) is 3.61. The molecule has 0 spiro atoms. The van der Waals surface area contributed by atoms with Crippen molar-refractivity contribution in [2.45, 2.75) is 26.8 Å². The van der Waals surface area contributed by atoms with Crippen LogP contribution in [0.4, 0.5) is 4.39 Å². The number of fused-ring (bicyclic) bond motifs is 1. The summed E-state index contributed by atoms with van der Waals surface area (Å²) in [5, 5.41) is 0.940. The molecule has 22 heavy (non-hydrogen) atoms. The third-order valence-corrected chi connectivity index (χ3v) is 3.95. The van der Waals surface area contributed by atoms with E-state index in [2.05, 4.69) is 18.4 Å². The maximum absolute atomic E-state index is 13.2. The van der Waals surface area contributed by atoms with E-state index in [0.717, 1.165) is 22.0 Å². The Bertz CT molecular complexity index is 844. The number of hydrogen-bond acceptors (Lipinski definition) is 1. The van der Waals surface area contributed by atoms with Gasteiger partial charge in [-0.3, -0.25) is 4.79 Å². The first-order chi connectivity index (χ1) is 10.5. The first-order valence-electron chi connectivity index (χ1n) is 7.39. The highest BCUT2D eigenvalue weighted by atomic mass is 19.1. The van der Waals surface area contributed by atoms with E-state index in [4.69, 9.17) is 0 Å². The van der Waals surface area contributed by atoms with Crippen LogP contribution in [0.25, 0.3) is 22.0 Å². The van der Waals surface area contributed by atoms with E-state index in [1.54, 1.807) is 19.1 Å². The molecule has 0 fully saturated rings. The van der Waals surface area contributed by atoms with Crippen LogP contribution < -0.4 is 0 Å². The van der Waals surface area contributed by atoms with Crippen molar-refractivity contribution in [3.63, 3.8) is 0 Å². The fraction of sp³-hybridized carbons (Fsp3) is 0.211. The average molecular weight is 295 g/mol. The predicted molar refractivity (Wildman–Crippen MR) is 87.7 cm³/mol. The molecule has 0 atom stereocenters. The topological polar surface area (TPSA) is 22.0 Å². The molecule has 3 heteroatoms. The normalized spacial score (nSPS) is 11.3. The quantitative estimate of drug-likeness (QED) is 0.606. The van der Waals surface area contributed by atoms with Crippen molar-refractivity contribution in [3.05, 3.63) is 60.0 Å². The van der Waals surface area contributed by atoms with Gasteiger partial charge >= 0.3 is 0 Å². The van der Waals surface area contributed by atoms with Crippen LogP contribution in [0.5, 0.6) is 0 Å². The molecular formula is C19H18FNO. The number of hydrogen-bond donors (Lipinski definition) is 0. The summed E-state index contributed by atoms with van der Waals surface area (Å²) in [6, 6.07) is 12.6. The van der Waals surface area contributed by atoms with Gasteiger partial charge in [-0.15, -0.1) is 0 Å². The summed E-state index contributed by atoms with van der Waals surface area (Å²) >= 11 is 0. The van der Waals surface area contributed by atoms with Gasteiger partial charge in [0.25, 0.3) is 0 Å². The molecule has 0 unspecified atom stereocenters.